The van der Waals surface area contributed by atoms with E-state index in [0.29, 0.717) is 5.92 Å². The Labute approximate surface area is 115 Å². The fraction of sp³-hybridized carbons (Fsp3) is 0.562. The van der Waals surface area contributed by atoms with E-state index < -0.39 is 0 Å². The van der Waals surface area contributed by atoms with Crippen molar-refractivity contribution in [3.8, 4) is 0 Å². The van der Waals surface area contributed by atoms with Gasteiger partial charge in [0.15, 0.2) is 0 Å². The summed E-state index contributed by atoms with van der Waals surface area (Å²) in [5.74, 6) is 0.710. The molecule has 1 amide bonds. The van der Waals surface area contributed by atoms with Crippen LogP contribution < -0.4 is 10.2 Å². The molecule has 3 rings (SSSR count). The third kappa shape index (κ3) is 2.16. The fourth-order valence-electron chi connectivity index (χ4n) is 3.40. The fourth-order valence-corrected chi connectivity index (χ4v) is 3.40. The number of fused-ring (bicyclic) bond motifs is 1. The van der Waals surface area contributed by atoms with Crippen LogP contribution in [-0.2, 0) is 11.2 Å². The minimum Gasteiger partial charge on any atom is -0.311 e. The van der Waals surface area contributed by atoms with E-state index in [9.17, 15) is 4.79 Å². The van der Waals surface area contributed by atoms with Crippen LogP contribution in [0.1, 0.15) is 30.9 Å². The molecular weight excluding hydrogens is 236 g/mol. The van der Waals surface area contributed by atoms with Crippen molar-refractivity contribution in [2.24, 2.45) is 5.92 Å². The molecule has 1 aromatic rings. The molecule has 3 heteroatoms. The number of nitrogens with one attached hydrogen (secondary N) is 1. The Morgan fingerprint density at radius 1 is 1.42 bits per heavy atom. The van der Waals surface area contributed by atoms with Gasteiger partial charge in [0.05, 0.1) is 6.04 Å². The summed E-state index contributed by atoms with van der Waals surface area (Å²) < 4.78 is 0. The second-order valence-corrected chi connectivity index (χ2v) is 5.87. The summed E-state index contributed by atoms with van der Waals surface area (Å²) in [6.45, 7) is 6.11. The Kier molecular flexibility index (Phi) is 3.31. The summed E-state index contributed by atoms with van der Waals surface area (Å²) in [5.41, 5.74) is 3.71. The van der Waals surface area contributed by atoms with E-state index in [-0.39, 0.29) is 11.9 Å². The van der Waals surface area contributed by atoms with Crippen molar-refractivity contribution >= 4 is 11.6 Å². The van der Waals surface area contributed by atoms with E-state index in [1.54, 1.807) is 0 Å². The summed E-state index contributed by atoms with van der Waals surface area (Å²) in [6, 6.07) is 6.37. The minimum atomic E-state index is 0.00514. The zero-order chi connectivity index (χ0) is 13.4. The highest BCUT2D eigenvalue weighted by Crippen LogP contribution is 2.32. The topological polar surface area (TPSA) is 32.3 Å². The molecule has 0 saturated carbocycles. The molecule has 0 radical (unpaired) electrons. The van der Waals surface area contributed by atoms with Crippen LogP contribution in [0.3, 0.4) is 0 Å². The lowest BCUT2D eigenvalue weighted by Crippen LogP contribution is -2.48. The standard InChI is InChI=1S/C16H22N2O/c1-11-8-9-17-14(11)16(19)18-10-4-7-13-6-3-5-12(2)15(13)18/h3,5-6,11,14,17H,4,7-10H2,1-2H3. The molecule has 2 atom stereocenters. The highest BCUT2D eigenvalue weighted by molar-refractivity contribution is 5.99. The van der Waals surface area contributed by atoms with Crippen molar-refractivity contribution in [3.05, 3.63) is 29.3 Å². The van der Waals surface area contributed by atoms with Gasteiger partial charge in [-0.2, -0.15) is 0 Å². The average molecular weight is 258 g/mol. The highest BCUT2D eigenvalue weighted by Gasteiger charge is 2.35. The maximum absolute atomic E-state index is 12.8. The number of rotatable bonds is 1. The lowest BCUT2D eigenvalue weighted by Gasteiger charge is -2.33. The van der Waals surface area contributed by atoms with E-state index >= 15 is 0 Å². The van der Waals surface area contributed by atoms with Crippen LogP contribution in [0.2, 0.25) is 0 Å². The predicted octanol–water partition coefficient (Wildman–Crippen LogP) is 2.27. The third-order valence-electron chi connectivity index (χ3n) is 4.48. The van der Waals surface area contributed by atoms with Crippen molar-refractivity contribution in [1.29, 1.82) is 0 Å². The molecule has 2 aliphatic rings. The van der Waals surface area contributed by atoms with E-state index in [0.717, 1.165) is 32.4 Å². The van der Waals surface area contributed by atoms with Gasteiger partial charge < -0.3 is 10.2 Å². The van der Waals surface area contributed by atoms with E-state index in [4.69, 9.17) is 0 Å². The first-order valence-corrected chi connectivity index (χ1v) is 7.31. The number of para-hydroxylation sites is 1. The number of anilines is 1. The van der Waals surface area contributed by atoms with Gasteiger partial charge in [0.2, 0.25) is 5.91 Å². The average Bonchev–Trinajstić information content (AvgIpc) is 2.84. The van der Waals surface area contributed by atoms with Gasteiger partial charge in [-0.3, -0.25) is 4.79 Å². The quantitative estimate of drug-likeness (QED) is 0.838. The molecule has 2 unspecified atom stereocenters. The van der Waals surface area contributed by atoms with Crippen molar-refractivity contribution in [2.75, 3.05) is 18.0 Å². The van der Waals surface area contributed by atoms with Crippen LogP contribution in [0.15, 0.2) is 18.2 Å². The molecule has 0 aromatic heterocycles. The Balaban J connectivity index is 1.93. The molecule has 1 saturated heterocycles. The number of hydrogen-bond donors (Lipinski definition) is 1. The molecule has 102 valence electrons. The minimum absolute atomic E-state index is 0.00514. The van der Waals surface area contributed by atoms with Crippen LogP contribution in [0.4, 0.5) is 5.69 Å². The first kappa shape index (κ1) is 12.7. The molecule has 0 bridgehead atoms. The Hall–Kier alpha value is -1.35. The van der Waals surface area contributed by atoms with Gasteiger partial charge in [0.1, 0.15) is 0 Å². The second kappa shape index (κ2) is 4.97. The maximum Gasteiger partial charge on any atom is 0.244 e. The van der Waals surface area contributed by atoms with Crippen LogP contribution in [0.25, 0.3) is 0 Å². The summed E-state index contributed by atoms with van der Waals surface area (Å²) in [7, 11) is 0. The zero-order valence-corrected chi connectivity index (χ0v) is 11.8. The molecular formula is C16H22N2O. The van der Waals surface area contributed by atoms with Gasteiger partial charge in [-0.15, -0.1) is 0 Å². The number of nitrogens with zero attached hydrogens (tertiary/aromatic N) is 1. The Morgan fingerprint density at radius 2 is 2.26 bits per heavy atom. The zero-order valence-electron chi connectivity index (χ0n) is 11.8. The number of hydrogen-bond acceptors (Lipinski definition) is 2. The normalized spacial score (nSPS) is 26.3. The molecule has 0 spiro atoms. The third-order valence-corrected chi connectivity index (χ3v) is 4.48. The monoisotopic (exact) mass is 258 g/mol. The summed E-state index contributed by atoms with van der Waals surface area (Å²) in [6.07, 6.45) is 3.27. The van der Waals surface area contributed by atoms with E-state index in [1.807, 2.05) is 4.90 Å². The molecule has 2 heterocycles. The molecule has 1 N–H and O–H groups in total. The summed E-state index contributed by atoms with van der Waals surface area (Å²) in [5, 5.41) is 3.36. The number of carbonyl (C=O) groups excluding carboxylic acids is 1. The van der Waals surface area contributed by atoms with E-state index in [2.05, 4.69) is 37.4 Å². The van der Waals surface area contributed by atoms with E-state index in [1.165, 1.54) is 16.8 Å². The lowest BCUT2D eigenvalue weighted by molar-refractivity contribution is -0.121. The SMILES string of the molecule is Cc1cccc2c1N(C(=O)C1NCCC1C)CCC2. The van der Waals surface area contributed by atoms with Gasteiger partial charge in [0, 0.05) is 12.2 Å². The van der Waals surface area contributed by atoms with Crippen LogP contribution >= 0.6 is 0 Å². The van der Waals surface area contributed by atoms with Crippen molar-refractivity contribution in [2.45, 2.75) is 39.2 Å². The predicted molar refractivity (Wildman–Crippen MR) is 77.4 cm³/mol. The number of amides is 1. The van der Waals surface area contributed by atoms with Crippen LogP contribution in [0, 0.1) is 12.8 Å². The molecule has 0 aliphatic carbocycles. The van der Waals surface area contributed by atoms with Crippen molar-refractivity contribution < 1.29 is 4.79 Å². The first-order chi connectivity index (χ1) is 9.18. The smallest absolute Gasteiger partial charge is 0.244 e. The largest absolute Gasteiger partial charge is 0.311 e. The Bertz CT molecular complexity index is 498. The molecule has 2 aliphatic heterocycles. The molecule has 1 fully saturated rings. The number of aryl methyl sites for hydroxylation is 2. The van der Waals surface area contributed by atoms with Gasteiger partial charge in [-0.05, 0) is 49.8 Å². The molecule has 3 nitrogen and oxygen atoms in total. The van der Waals surface area contributed by atoms with Gasteiger partial charge in [-0.1, -0.05) is 25.1 Å². The molecule has 19 heavy (non-hydrogen) atoms. The number of carbonyl (C=O) groups is 1. The summed E-state index contributed by atoms with van der Waals surface area (Å²) >= 11 is 0. The summed E-state index contributed by atoms with van der Waals surface area (Å²) in [4.78, 5) is 14.8. The van der Waals surface area contributed by atoms with Crippen LogP contribution in [0.5, 0.6) is 0 Å². The first-order valence-electron chi connectivity index (χ1n) is 7.31. The van der Waals surface area contributed by atoms with Gasteiger partial charge >= 0.3 is 0 Å². The van der Waals surface area contributed by atoms with Crippen LogP contribution in [-0.4, -0.2) is 25.0 Å². The van der Waals surface area contributed by atoms with Gasteiger partial charge in [0.25, 0.3) is 0 Å². The lowest BCUT2D eigenvalue weighted by atomic mass is 9.95. The second-order valence-electron chi connectivity index (χ2n) is 5.87. The van der Waals surface area contributed by atoms with Gasteiger partial charge in [-0.25, -0.2) is 0 Å². The highest BCUT2D eigenvalue weighted by atomic mass is 16.2. The van der Waals surface area contributed by atoms with Crippen molar-refractivity contribution in [3.63, 3.8) is 0 Å². The van der Waals surface area contributed by atoms with Crippen molar-refractivity contribution in [1.82, 2.24) is 5.32 Å². The Morgan fingerprint density at radius 3 is 3.00 bits per heavy atom. The maximum atomic E-state index is 12.8. The number of benzene rings is 1. The molecule has 1 aromatic carbocycles.